The van der Waals surface area contributed by atoms with Crippen LogP contribution < -0.4 is 11.1 Å². The minimum absolute atomic E-state index is 0.200. The van der Waals surface area contributed by atoms with Crippen LogP contribution in [0.15, 0.2) is 30.5 Å². The molecule has 94 valence electrons. The summed E-state index contributed by atoms with van der Waals surface area (Å²) < 4.78 is 2.04. The summed E-state index contributed by atoms with van der Waals surface area (Å²) in [5.74, 6) is -0.200. The first kappa shape index (κ1) is 12.2. The molecule has 0 bridgehead atoms. The molecule has 1 amide bonds. The molecule has 3 N–H and O–H groups in total. The first-order valence-corrected chi connectivity index (χ1v) is 5.69. The highest BCUT2D eigenvalue weighted by molar-refractivity contribution is 5.92. The van der Waals surface area contributed by atoms with Crippen LogP contribution in [0.2, 0.25) is 0 Å². The number of nitrogens with two attached hydrogens (primary N) is 1. The minimum Gasteiger partial charge on any atom is -0.397 e. The molecule has 0 aliphatic carbocycles. The van der Waals surface area contributed by atoms with Gasteiger partial charge < -0.3 is 15.6 Å². The zero-order valence-corrected chi connectivity index (χ0v) is 10.5. The van der Waals surface area contributed by atoms with Crippen molar-refractivity contribution in [2.24, 2.45) is 7.05 Å². The van der Waals surface area contributed by atoms with Crippen LogP contribution in [-0.4, -0.2) is 15.5 Å². The molecule has 18 heavy (non-hydrogen) atoms. The van der Waals surface area contributed by atoms with Crippen LogP contribution in [0.4, 0.5) is 5.69 Å². The van der Waals surface area contributed by atoms with Crippen molar-refractivity contribution in [2.75, 3.05) is 5.73 Å². The van der Waals surface area contributed by atoms with E-state index in [0.29, 0.717) is 17.9 Å². The average molecular weight is 244 g/mol. The average Bonchev–Trinajstić information content (AvgIpc) is 2.68. The molecule has 2 heterocycles. The predicted molar refractivity (Wildman–Crippen MR) is 70.0 cm³/mol. The molecule has 0 radical (unpaired) electrons. The normalized spacial score (nSPS) is 10.3. The molecular formula is C13H16N4O. The third-order valence-electron chi connectivity index (χ3n) is 2.93. The number of aryl methyl sites for hydroxylation is 1. The fourth-order valence-corrected chi connectivity index (χ4v) is 1.65. The van der Waals surface area contributed by atoms with Crippen LogP contribution >= 0.6 is 0 Å². The zero-order chi connectivity index (χ0) is 13.1. The highest BCUT2D eigenvalue weighted by Crippen LogP contribution is 2.06. The maximum Gasteiger partial charge on any atom is 0.270 e. The lowest BCUT2D eigenvalue weighted by atomic mass is 10.3. The van der Waals surface area contributed by atoms with Gasteiger partial charge in [0, 0.05) is 18.4 Å². The molecule has 5 nitrogen and oxygen atoms in total. The van der Waals surface area contributed by atoms with E-state index in [1.807, 2.05) is 30.7 Å². The van der Waals surface area contributed by atoms with Gasteiger partial charge >= 0.3 is 0 Å². The fraction of sp³-hybridized carbons (Fsp3) is 0.231. The highest BCUT2D eigenvalue weighted by atomic mass is 16.1. The van der Waals surface area contributed by atoms with Gasteiger partial charge in [0.1, 0.15) is 5.69 Å². The van der Waals surface area contributed by atoms with Gasteiger partial charge in [-0.25, -0.2) is 4.98 Å². The second-order valence-electron chi connectivity index (χ2n) is 4.18. The van der Waals surface area contributed by atoms with Crippen molar-refractivity contribution in [1.29, 1.82) is 0 Å². The van der Waals surface area contributed by atoms with Crippen LogP contribution in [0.3, 0.4) is 0 Å². The Hall–Kier alpha value is -2.30. The summed E-state index contributed by atoms with van der Waals surface area (Å²) in [6.07, 6.45) is 1.47. The summed E-state index contributed by atoms with van der Waals surface area (Å²) in [5, 5.41) is 2.83. The molecular weight excluding hydrogens is 228 g/mol. The lowest BCUT2D eigenvalue weighted by molar-refractivity contribution is 0.0945. The van der Waals surface area contributed by atoms with Gasteiger partial charge in [-0.15, -0.1) is 0 Å². The number of nitrogens with one attached hydrogen (secondary N) is 1. The van der Waals surface area contributed by atoms with E-state index < -0.39 is 0 Å². The molecule has 0 saturated carbocycles. The van der Waals surface area contributed by atoms with Crippen molar-refractivity contribution in [2.45, 2.75) is 13.5 Å². The quantitative estimate of drug-likeness (QED) is 0.853. The first-order chi connectivity index (χ1) is 8.58. The van der Waals surface area contributed by atoms with Crippen LogP contribution in [0.5, 0.6) is 0 Å². The number of carbonyl (C=O) groups is 1. The van der Waals surface area contributed by atoms with E-state index >= 15 is 0 Å². The summed E-state index contributed by atoms with van der Waals surface area (Å²) in [6, 6.07) is 7.28. The lowest BCUT2D eigenvalue weighted by Gasteiger charge is -2.07. The van der Waals surface area contributed by atoms with Gasteiger partial charge in [-0.3, -0.25) is 4.79 Å². The molecule has 0 aromatic carbocycles. The van der Waals surface area contributed by atoms with Crippen molar-refractivity contribution in [3.05, 3.63) is 47.5 Å². The van der Waals surface area contributed by atoms with Gasteiger partial charge in [0.25, 0.3) is 5.91 Å². The number of anilines is 1. The molecule has 5 heteroatoms. The van der Waals surface area contributed by atoms with Crippen molar-refractivity contribution in [3.63, 3.8) is 0 Å². The molecule has 0 aliphatic heterocycles. The number of amides is 1. The van der Waals surface area contributed by atoms with Crippen LogP contribution in [-0.2, 0) is 13.6 Å². The van der Waals surface area contributed by atoms with Gasteiger partial charge in [0.05, 0.1) is 18.4 Å². The van der Waals surface area contributed by atoms with Gasteiger partial charge in [0.2, 0.25) is 0 Å². The number of nitrogens with zero attached hydrogens (tertiary/aromatic N) is 2. The summed E-state index contributed by atoms with van der Waals surface area (Å²) in [6.45, 7) is 2.50. The molecule has 0 aliphatic rings. The Kier molecular flexibility index (Phi) is 3.32. The standard InChI is InChI=1S/C13H16N4O/c1-9-3-5-11(17(9)2)8-16-13(18)12-6-4-10(14)7-15-12/h3-7H,8,14H2,1-2H3,(H,16,18). The van der Waals surface area contributed by atoms with E-state index in [-0.39, 0.29) is 5.91 Å². The van der Waals surface area contributed by atoms with Crippen molar-refractivity contribution in [1.82, 2.24) is 14.9 Å². The highest BCUT2D eigenvalue weighted by Gasteiger charge is 2.07. The number of carbonyl (C=O) groups excluding carboxylic acids is 1. The third-order valence-corrected chi connectivity index (χ3v) is 2.93. The maximum atomic E-state index is 11.8. The molecule has 0 saturated heterocycles. The van der Waals surface area contributed by atoms with Crippen LogP contribution in [0.25, 0.3) is 0 Å². The Morgan fingerprint density at radius 3 is 2.72 bits per heavy atom. The van der Waals surface area contributed by atoms with E-state index in [1.165, 1.54) is 6.20 Å². The Balaban J connectivity index is 2.00. The monoisotopic (exact) mass is 244 g/mol. The van der Waals surface area contributed by atoms with Crippen molar-refractivity contribution in [3.8, 4) is 0 Å². The smallest absolute Gasteiger partial charge is 0.270 e. The molecule has 2 aromatic heterocycles. The number of pyridine rings is 1. The topological polar surface area (TPSA) is 72.9 Å². The van der Waals surface area contributed by atoms with E-state index in [2.05, 4.69) is 10.3 Å². The van der Waals surface area contributed by atoms with E-state index in [0.717, 1.165) is 11.4 Å². The van der Waals surface area contributed by atoms with Crippen LogP contribution in [0, 0.1) is 6.92 Å². The fourth-order valence-electron chi connectivity index (χ4n) is 1.65. The molecule has 0 unspecified atom stereocenters. The molecule has 2 rings (SSSR count). The van der Waals surface area contributed by atoms with Gasteiger partial charge in [-0.1, -0.05) is 0 Å². The Labute approximate surface area is 106 Å². The van der Waals surface area contributed by atoms with Crippen molar-refractivity contribution >= 4 is 11.6 Å². The lowest BCUT2D eigenvalue weighted by Crippen LogP contribution is -2.24. The number of aromatic nitrogens is 2. The number of nitrogen functional groups attached to an aromatic ring is 1. The van der Waals surface area contributed by atoms with Gasteiger partial charge in [-0.05, 0) is 31.2 Å². The molecule has 2 aromatic rings. The Morgan fingerprint density at radius 1 is 1.39 bits per heavy atom. The number of hydrogen-bond donors (Lipinski definition) is 2. The second kappa shape index (κ2) is 4.91. The summed E-state index contributed by atoms with van der Waals surface area (Å²) >= 11 is 0. The van der Waals surface area contributed by atoms with E-state index in [1.54, 1.807) is 12.1 Å². The van der Waals surface area contributed by atoms with E-state index in [4.69, 9.17) is 5.73 Å². The minimum atomic E-state index is -0.200. The van der Waals surface area contributed by atoms with Gasteiger partial charge in [-0.2, -0.15) is 0 Å². The zero-order valence-electron chi connectivity index (χ0n) is 10.5. The van der Waals surface area contributed by atoms with Crippen molar-refractivity contribution < 1.29 is 4.79 Å². The van der Waals surface area contributed by atoms with E-state index in [9.17, 15) is 4.79 Å². The van der Waals surface area contributed by atoms with Gasteiger partial charge in [0.15, 0.2) is 0 Å². The number of rotatable bonds is 3. The largest absolute Gasteiger partial charge is 0.397 e. The Bertz CT molecular complexity index is 557. The Morgan fingerprint density at radius 2 is 2.17 bits per heavy atom. The molecule has 0 atom stereocenters. The first-order valence-electron chi connectivity index (χ1n) is 5.69. The second-order valence-corrected chi connectivity index (χ2v) is 4.18. The molecule has 0 fully saturated rings. The maximum absolute atomic E-state index is 11.8. The third kappa shape index (κ3) is 2.51. The molecule has 0 spiro atoms. The predicted octanol–water partition coefficient (Wildman–Crippen LogP) is 1.24. The summed E-state index contributed by atoms with van der Waals surface area (Å²) in [7, 11) is 1.97. The SMILES string of the molecule is Cc1ccc(CNC(=O)c2ccc(N)cn2)n1C. The summed E-state index contributed by atoms with van der Waals surface area (Å²) in [5.41, 5.74) is 8.64. The number of hydrogen-bond acceptors (Lipinski definition) is 3. The van der Waals surface area contributed by atoms with Crippen LogP contribution in [0.1, 0.15) is 21.9 Å². The summed E-state index contributed by atoms with van der Waals surface area (Å²) in [4.78, 5) is 15.8.